The number of nitrogens with zero attached hydrogens (tertiary/aromatic N) is 1. The van der Waals surface area contributed by atoms with Crippen LogP contribution < -0.4 is 10.2 Å². The van der Waals surface area contributed by atoms with Crippen LogP contribution in [0.3, 0.4) is 0 Å². The fourth-order valence-electron chi connectivity index (χ4n) is 2.64. The van der Waals surface area contributed by atoms with Crippen molar-refractivity contribution in [2.24, 2.45) is 11.0 Å². The second-order valence-electron chi connectivity index (χ2n) is 5.97. The van der Waals surface area contributed by atoms with Gasteiger partial charge in [-0.15, -0.1) is 0 Å². The van der Waals surface area contributed by atoms with E-state index in [2.05, 4.69) is 10.5 Å². The summed E-state index contributed by atoms with van der Waals surface area (Å²) in [6.07, 6.45) is -2.93. The van der Waals surface area contributed by atoms with Gasteiger partial charge in [0.2, 0.25) is 0 Å². The maximum atomic E-state index is 13.4. The highest BCUT2D eigenvalue weighted by Crippen LogP contribution is 2.38. The third kappa shape index (κ3) is 3.47. The summed E-state index contributed by atoms with van der Waals surface area (Å²) in [5.41, 5.74) is 1.70. The van der Waals surface area contributed by atoms with Gasteiger partial charge in [-0.25, -0.2) is 10.2 Å². The van der Waals surface area contributed by atoms with Gasteiger partial charge in [-0.05, 0) is 43.9 Å². The molecular weight excluding hydrogens is 325 g/mol. The highest BCUT2D eigenvalue weighted by molar-refractivity contribution is 6.06. The predicted molar refractivity (Wildman–Crippen MR) is 79.9 cm³/mol. The van der Waals surface area contributed by atoms with E-state index >= 15 is 0 Å². The quantitative estimate of drug-likeness (QED) is 0.907. The summed E-state index contributed by atoms with van der Waals surface area (Å²) >= 11 is 0. The number of hydrogen-bond donors (Lipinski definition) is 1. The van der Waals surface area contributed by atoms with Gasteiger partial charge in [0, 0.05) is 5.56 Å². The second kappa shape index (κ2) is 6.33. The molecule has 0 saturated heterocycles. The van der Waals surface area contributed by atoms with Crippen LogP contribution in [0.4, 0.5) is 18.0 Å². The number of halogens is 3. The van der Waals surface area contributed by atoms with Gasteiger partial charge < -0.3 is 9.47 Å². The van der Waals surface area contributed by atoms with Crippen LogP contribution in [0.5, 0.6) is 5.75 Å². The minimum atomic E-state index is -4.55. The van der Waals surface area contributed by atoms with Crippen LogP contribution in [0, 0.1) is 5.92 Å². The molecule has 1 heterocycles. The lowest BCUT2D eigenvalue weighted by Gasteiger charge is -2.26. The van der Waals surface area contributed by atoms with Crippen LogP contribution in [0.1, 0.15) is 37.3 Å². The number of hydrogen-bond acceptors (Lipinski definition) is 4. The van der Waals surface area contributed by atoms with E-state index < -0.39 is 23.9 Å². The number of carbonyl (C=O) groups excluding carboxylic acids is 1. The topological polar surface area (TPSA) is 59.9 Å². The van der Waals surface area contributed by atoms with E-state index in [-0.39, 0.29) is 17.0 Å². The Morgan fingerprint density at radius 2 is 2.12 bits per heavy atom. The van der Waals surface area contributed by atoms with Gasteiger partial charge in [-0.1, -0.05) is 6.42 Å². The van der Waals surface area contributed by atoms with Crippen molar-refractivity contribution in [2.45, 2.75) is 38.5 Å². The predicted octanol–water partition coefficient (Wildman–Crippen LogP) is 3.72. The summed E-state index contributed by atoms with van der Waals surface area (Å²) in [7, 11) is 0. The van der Waals surface area contributed by atoms with E-state index in [1.54, 1.807) is 6.92 Å². The molecule has 130 valence electrons. The molecule has 1 fully saturated rings. The van der Waals surface area contributed by atoms with Crippen molar-refractivity contribution in [2.75, 3.05) is 6.61 Å². The lowest BCUT2D eigenvalue weighted by molar-refractivity contribution is -0.139. The van der Waals surface area contributed by atoms with Crippen molar-refractivity contribution in [3.05, 3.63) is 29.3 Å². The van der Waals surface area contributed by atoms with Crippen molar-refractivity contribution in [1.82, 2.24) is 5.43 Å². The van der Waals surface area contributed by atoms with Gasteiger partial charge in [-0.2, -0.15) is 18.3 Å². The summed E-state index contributed by atoms with van der Waals surface area (Å²) in [6.45, 7) is 1.84. The molecule has 24 heavy (non-hydrogen) atoms. The van der Waals surface area contributed by atoms with E-state index in [1.807, 2.05) is 0 Å². The summed E-state index contributed by atoms with van der Waals surface area (Å²) in [5.74, 6) is 0.143. The van der Waals surface area contributed by atoms with Crippen molar-refractivity contribution in [3.8, 4) is 5.75 Å². The van der Waals surface area contributed by atoms with Crippen LogP contribution in [-0.2, 0) is 10.9 Å². The molecule has 1 aliphatic heterocycles. The molecule has 1 atom stereocenters. The number of hydrazone groups is 1. The van der Waals surface area contributed by atoms with Crippen molar-refractivity contribution in [3.63, 3.8) is 0 Å². The maximum absolute atomic E-state index is 13.4. The highest BCUT2D eigenvalue weighted by atomic mass is 19.4. The van der Waals surface area contributed by atoms with Gasteiger partial charge in [0.25, 0.3) is 0 Å². The Morgan fingerprint density at radius 3 is 2.71 bits per heavy atom. The number of benzene rings is 1. The number of rotatable bonds is 4. The second-order valence-corrected chi connectivity index (χ2v) is 5.97. The summed E-state index contributed by atoms with van der Waals surface area (Å²) in [4.78, 5) is 11.1. The summed E-state index contributed by atoms with van der Waals surface area (Å²) < 4.78 is 50.4. The van der Waals surface area contributed by atoms with Crippen molar-refractivity contribution >= 4 is 11.8 Å². The molecule has 0 bridgehead atoms. The highest BCUT2D eigenvalue weighted by Gasteiger charge is 2.36. The van der Waals surface area contributed by atoms with Crippen molar-refractivity contribution in [1.29, 1.82) is 0 Å². The number of ether oxygens (including phenoxy) is 2. The Hall–Kier alpha value is -2.25. The maximum Gasteiger partial charge on any atom is 0.428 e. The molecule has 1 amide bonds. The Balaban J connectivity index is 1.88. The van der Waals surface area contributed by atoms with Gasteiger partial charge in [-0.3, -0.25) is 0 Å². The SMILES string of the molecule is C[C@@H]1OC(=O)NN=C1c1ccc(OCC2CCC2)c(C(F)(F)F)c1. The van der Waals surface area contributed by atoms with Gasteiger partial charge in [0.1, 0.15) is 17.6 Å². The summed E-state index contributed by atoms with van der Waals surface area (Å²) in [5, 5.41) is 3.80. The standard InChI is InChI=1S/C16H17F3N2O3/c1-9-14(20-21-15(22)24-9)11-5-6-13(12(7-11)16(17,18)19)23-8-10-3-2-4-10/h5-7,9-10H,2-4,8H2,1H3,(H,21,22)/t9-/m0/s1. The van der Waals surface area contributed by atoms with Crippen LogP contribution in [-0.4, -0.2) is 24.5 Å². The first-order valence-corrected chi connectivity index (χ1v) is 7.73. The molecule has 0 radical (unpaired) electrons. The van der Waals surface area contributed by atoms with Gasteiger partial charge in [0.05, 0.1) is 12.2 Å². The lowest BCUT2D eigenvalue weighted by atomic mass is 9.86. The molecule has 1 aliphatic carbocycles. The Bertz CT molecular complexity index is 669. The first-order valence-electron chi connectivity index (χ1n) is 7.73. The van der Waals surface area contributed by atoms with E-state index in [4.69, 9.17) is 9.47 Å². The van der Waals surface area contributed by atoms with Gasteiger partial charge >= 0.3 is 12.3 Å². The number of carbonyl (C=O) groups is 1. The van der Waals surface area contributed by atoms with E-state index in [1.165, 1.54) is 12.1 Å². The molecule has 2 aliphatic rings. The number of alkyl halides is 3. The molecule has 3 rings (SSSR count). The molecular formula is C16H17F3N2O3. The minimum Gasteiger partial charge on any atom is -0.493 e. The molecule has 0 unspecified atom stereocenters. The van der Waals surface area contributed by atoms with Crippen LogP contribution in [0.25, 0.3) is 0 Å². The minimum absolute atomic E-state index is 0.188. The van der Waals surface area contributed by atoms with E-state index in [0.29, 0.717) is 12.5 Å². The lowest BCUT2D eigenvalue weighted by Crippen LogP contribution is -2.37. The third-order valence-corrected chi connectivity index (χ3v) is 4.22. The average molecular weight is 342 g/mol. The fourth-order valence-corrected chi connectivity index (χ4v) is 2.64. The third-order valence-electron chi connectivity index (χ3n) is 4.22. The number of amides is 1. The van der Waals surface area contributed by atoms with Gasteiger partial charge in [0.15, 0.2) is 0 Å². The molecule has 0 spiro atoms. The average Bonchev–Trinajstić information content (AvgIpc) is 2.45. The Morgan fingerprint density at radius 1 is 1.38 bits per heavy atom. The van der Waals surface area contributed by atoms with Crippen LogP contribution in [0.15, 0.2) is 23.3 Å². The zero-order valence-electron chi connectivity index (χ0n) is 13.0. The Kier molecular flexibility index (Phi) is 4.38. The molecule has 8 heteroatoms. The number of cyclic esters (lactones) is 1. The monoisotopic (exact) mass is 342 g/mol. The molecule has 5 nitrogen and oxygen atoms in total. The zero-order chi connectivity index (χ0) is 17.3. The normalized spacial score (nSPS) is 21.4. The molecule has 1 N–H and O–H groups in total. The first kappa shape index (κ1) is 16.6. The summed E-state index contributed by atoms with van der Waals surface area (Å²) in [6, 6.07) is 3.76. The number of nitrogens with one attached hydrogen (secondary N) is 1. The van der Waals surface area contributed by atoms with Crippen molar-refractivity contribution < 1.29 is 27.4 Å². The van der Waals surface area contributed by atoms with Crippen LogP contribution in [0.2, 0.25) is 0 Å². The molecule has 0 aromatic heterocycles. The molecule has 1 aromatic carbocycles. The smallest absolute Gasteiger partial charge is 0.428 e. The van der Waals surface area contributed by atoms with E-state index in [9.17, 15) is 18.0 Å². The fraction of sp³-hybridized carbons (Fsp3) is 0.500. The van der Waals surface area contributed by atoms with Crippen LogP contribution >= 0.6 is 0 Å². The molecule has 1 saturated carbocycles. The first-order chi connectivity index (χ1) is 11.3. The molecule has 1 aromatic rings. The zero-order valence-corrected chi connectivity index (χ0v) is 13.0. The van der Waals surface area contributed by atoms with E-state index in [0.717, 1.165) is 25.3 Å². The Labute approximate surface area is 136 Å². The largest absolute Gasteiger partial charge is 0.493 e.